The molecule has 0 unspecified atom stereocenters. The van der Waals surface area contributed by atoms with Crippen LogP contribution in [0.1, 0.15) is 18.4 Å². The number of carbonyl (C=O) groups excluding carboxylic acids is 1. The quantitative estimate of drug-likeness (QED) is 0.895. The third kappa shape index (κ3) is 3.70. The van der Waals surface area contributed by atoms with Gasteiger partial charge in [0, 0.05) is 19.7 Å². The zero-order valence-electron chi connectivity index (χ0n) is 11.3. The first-order valence-corrected chi connectivity index (χ1v) is 6.74. The Morgan fingerprint density at radius 2 is 1.95 bits per heavy atom. The van der Waals surface area contributed by atoms with Gasteiger partial charge in [-0.3, -0.25) is 4.79 Å². The van der Waals surface area contributed by atoms with E-state index in [9.17, 15) is 4.79 Å². The summed E-state index contributed by atoms with van der Waals surface area (Å²) in [6.45, 7) is 1.76. The van der Waals surface area contributed by atoms with E-state index in [1.807, 2.05) is 29.2 Å². The molecule has 1 aromatic rings. The van der Waals surface area contributed by atoms with Crippen LogP contribution in [-0.2, 0) is 11.2 Å². The van der Waals surface area contributed by atoms with E-state index >= 15 is 0 Å². The number of hydrogen-bond acceptors (Lipinski definition) is 3. The number of benzene rings is 1. The van der Waals surface area contributed by atoms with Crippen molar-refractivity contribution in [3.63, 3.8) is 0 Å². The van der Waals surface area contributed by atoms with Crippen LogP contribution < -0.4 is 4.74 Å². The minimum absolute atomic E-state index is 0.168. The van der Waals surface area contributed by atoms with Gasteiger partial charge in [0.1, 0.15) is 5.75 Å². The Morgan fingerprint density at radius 3 is 2.47 bits per heavy atom. The first kappa shape index (κ1) is 13.9. The lowest BCUT2D eigenvalue weighted by molar-refractivity contribution is -0.132. The van der Waals surface area contributed by atoms with Crippen molar-refractivity contribution < 1.29 is 14.6 Å². The molecule has 0 saturated carbocycles. The van der Waals surface area contributed by atoms with Crippen LogP contribution in [0, 0.1) is 5.92 Å². The largest absolute Gasteiger partial charge is 0.497 e. The maximum absolute atomic E-state index is 12.1. The van der Waals surface area contributed by atoms with Gasteiger partial charge in [-0.2, -0.15) is 0 Å². The van der Waals surface area contributed by atoms with E-state index in [1.54, 1.807) is 7.11 Å². The molecule has 1 N–H and O–H groups in total. The van der Waals surface area contributed by atoms with E-state index in [0.717, 1.165) is 37.2 Å². The molecule has 1 aliphatic rings. The zero-order chi connectivity index (χ0) is 13.7. The van der Waals surface area contributed by atoms with Crippen LogP contribution in [0.5, 0.6) is 5.75 Å². The van der Waals surface area contributed by atoms with E-state index in [0.29, 0.717) is 12.3 Å². The second-order valence-electron chi connectivity index (χ2n) is 5.03. The van der Waals surface area contributed by atoms with E-state index < -0.39 is 0 Å². The summed E-state index contributed by atoms with van der Waals surface area (Å²) in [7, 11) is 1.63. The Bertz CT molecular complexity index is 408. The molecule has 4 nitrogen and oxygen atoms in total. The van der Waals surface area contributed by atoms with Gasteiger partial charge in [0.15, 0.2) is 0 Å². The van der Waals surface area contributed by atoms with Gasteiger partial charge in [0.2, 0.25) is 5.91 Å². The lowest BCUT2D eigenvalue weighted by atomic mass is 9.97. The van der Waals surface area contributed by atoms with E-state index in [2.05, 4.69) is 0 Å². The Balaban J connectivity index is 1.86. The highest BCUT2D eigenvalue weighted by Crippen LogP contribution is 2.18. The topological polar surface area (TPSA) is 49.8 Å². The third-order valence-corrected chi connectivity index (χ3v) is 3.74. The molecule has 0 radical (unpaired) electrons. The van der Waals surface area contributed by atoms with Gasteiger partial charge in [-0.1, -0.05) is 12.1 Å². The summed E-state index contributed by atoms with van der Waals surface area (Å²) in [4.78, 5) is 14.0. The Kier molecular flexibility index (Phi) is 4.80. The highest BCUT2D eigenvalue weighted by atomic mass is 16.5. The number of piperidine rings is 1. The number of aliphatic hydroxyl groups is 1. The van der Waals surface area contributed by atoms with Gasteiger partial charge in [-0.05, 0) is 36.5 Å². The summed E-state index contributed by atoms with van der Waals surface area (Å²) in [5.41, 5.74) is 1.01. The molecule has 0 aliphatic carbocycles. The first-order chi connectivity index (χ1) is 9.22. The van der Waals surface area contributed by atoms with Crippen molar-refractivity contribution in [3.8, 4) is 5.75 Å². The number of methoxy groups -OCH3 is 1. The molecule has 1 aliphatic heterocycles. The van der Waals surface area contributed by atoms with Gasteiger partial charge < -0.3 is 14.7 Å². The fraction of sp³-hybridized carbons (Fsp3) is 0.533. The maximum Gasteiger partial charge on any atom is 0.226 e. The van der Waals surface area contributed by atoms with Crippen LogP contribution in [-0.4, -0.2) is 42.7 Å². The van der Waals surface area contributed by atoms with Crippen LogP contribution in [0.25, 0.3) is 0 Å². The van der Waals surface area contributed by atoms with Gasteiger partial charge in [0.05, 0.1) is 13.5 Å². The molecule has 0 spiro atoms. The van der Waals surface area contributed by atoms with Crippen LogP contribution in [0.4, 0.5) is 0 Å². The second-order valence-corrected chi connectivity index (χ2v) is 5.03. The summed E-state index contributed by atoms with van der Waals surface area (Å²) in [6, 6.07) is 7.61. The number of amides is 1. The summed E-state index contributed by atoms with van der Waals surface area (Å²) < 4.78 is 5.10. The lowest BCUT2D eigenvalue weighted by Crippen LogP contribution is -2.40. The number of ether oxygens (including phenoxy) is 1. The Hall–Kier alpha value is -1.55. The number of nitrogens with zero attached hydrogens (tertiary/aromatic N) is 1. The van der Waals surface area contributed by atoms with Crippen molar-refractivity contribution >= 4 is 5.91 Å². The molecule has 19 heavy (non-hydrogen) atoms. The molecule has 1 aromatic carbocycles. The third-order valence-electron chi connectivity index (χ3n) is 3.74. The van der Waals surface area contributed by atoms with Gasteiger partial charge in [-0.25, -0.2) is 0 Å². The molecule has 1 heterocycles. The standard InChI is InChI=1S/C15H21NO3/c1-19-14-4-2-12(3-5-14)10-15(18)16-8-6-13(11-17)7-9-16/h2-5,13,17H,6-11H2,1H3. The highest BCUT2D eigenvalue weighted by Gasteiger charge is 2.22. The number of likely N-dealkylation sites (tertiary alicyclic amines) is 1. The second kappa shape index (κ2) is 6.57. The molecule has 0 aromatic heterocycles. The van der Waals surface area contributed by atoms with Gasteiger partial charge in [0.25, 0.3) is 0 Å². The minimum atomic E-state index is 0.168. The average molecular weight is 263 g/mol. The van der Waals surface area contributed by atoms with Crippen LogP contribution >= 0.6 is 0 Å². The number of rotatable bonds is 4. The minimum Gasteiger partial charge on any atom is -0.497 e. The summed E-state index contributed by atoms with van der Waals surface area (Å²) in [5.74, 6) is 1.34. The molecule has 1 fully saturated rings. The van der Waals surface area contributed by atoms with E-state index in [-0.39, 0.29) is 12.5 Å². The van der Waals surface area contributed by atoms with E-state index in [4.69, 9.17) is 9.84 Å². The predicted octanol–water partition coefficient (Wildman–Crippen LogP) is 1.47. The van der Waals surface area contributed by atoms with Crippen molar-refractivity contribution in [2.45, 2.75) is 19.3 Å². The van der Waals surface area contributed by atoms with Crippen LogP contribution in [0.15, 0.2) is 24.3 Å². The molecular formula is C15H21NO3. The van der Waals surface area contributed by atoms with Crippen molar-refractivity contribution in [3.05, 3.63) is 29.8 Å². The van der Waals surface area contributed by atoms with Gasteiger partial charge >= 0.3 is 0 Å². The Morgan fingerprint density at radius 1 is 1.32 bits per heavy atom. The average Bonchev–Trinajstić information content (AvgIpc) is 2.48. The zero-order valence-corrected chi connectivity index (χ0v) is 11.3. The molecule has 1 amide bonds. The number of carbonyl (C=O) groups is 1. The number of aliphatic hydroxyl groups excluding tert-OH is 1. The van der Waals surface area contributed by atoms with Crippen molar-refractivity contribution in [1.29, 1.82) is 0 Å². The first-order valence-electron chi connectivity index (χ1n) is 6.74. The molecular weight excluding hydrogens is 242 g/mol. The van der Waals surface area contributed by atoms with E-state index in [1.165, 1.54) is 0 Å². The number of hydrogen-bond donors (Lipinski definition) is 1. The maximum atomic E-state index is 12.1. The van der Waals surface area contributed by atoms with Gasteiger partial charge in [-0.15, -0.1) is 0 Å². The van der Waals surface area contributed by atoms with Crippen molar-refractivity contribution in [2.24, 2.45) is 5.92 Å². The van der Waals surface area contributed by atoms with Crippen molar-refractivity contribution in [1.82, 2.24) is 4.90 Å². The monoisotopic (exact) mass is 263 g/mol. The highest BCUT2D eigenvalue weighted by molar-refractivity contribution is 5.78. The fourth-order valence-electron chi connectivity index (χ4n) is 2.39. The molecule has 0 bridgehead atoms. The smallest absolute Gasteiger partial charge is 0.226 e. The molecule has 2 rings (SSSR count). The summed E-state index contributed by atoms with van der Waals surface area (Å²) in [5, 5.41) is 9.09. The predicted molar refractivity (Wildman–Crippen MR) is 73.1 cm³/mol. The van der Waals surface area contributed by atoms with Crippen LogP contribution in [0.2, 0.25) is 0 Å². The normalized spacial score (nSPS) is 16.4. The lowest BCUT2D eigenvalue weighted by Gasteiger charge is -2.31. The Labute approximate surface area is 114 Å². The molecule has 104 valence electrons. The van der Waals surface area contributed by atoms with Crippen LogP contribution in [0.3, 0.4) is 0 Å². The summed E-state index contributed by atoms with van der Waals surface area (Å²) in [6.07, 6.45) is 2.25. The van der Waals surface area contributed by atoms with Crippen molar-refractivity contribution in [2.75, 3.05) is 26.8 Å². The summed E-state index contributed by atoms with van der Waals surface area (Å²) >= 11 is 0. The fourth-order valence-corrected chi connectivity index (χ4v) is 2.39. The molecule has 4 heteroatoms. The SMILES string of the molecule is COc1ccc(CC(=O)N2CCC(CO)CC2)cc1. The molecule has 0 atom stereocenters. The molecule has 1 saturated heterocycles.